The van der Waals surface area contributed by atoms with E-state index in [4.69, 9.17) is 4.74 Å². The third-order valence-electron chi connectivity index (χ3n) is 8.63. The largest absolute Gasteiger partial charge is 0.463 e. The molecule has 6 rings (SSSR count). The van der Waals surface area contributed by atoms with Crippen molar-refractivity contribution < 1.29 is 14.3 Å². The molecule has 2 aromatic carbocycles. The van der Waals surface area contributed by atoms with Gasteiger partial charge in [0.05, 0.1) is 42.9 Å². The first-order valence-corrected chi connectivity index (χ1v) is 15.1. The minimum atomic E-state index is -0.528. The van der Waals surface area contributed by atoms with Crippen LogP contribution in [-0.4, -0.2) is 42.7 Å². The highest BCUT2D eigenvalue weighted by atomic mass is 16.5. The molecular formula is C35H34N6O3. The second kappa shape index (κ2) is 13.0. The van der Waals surface area contributed by atoms with Gasteiger partial charge in [0.2, 0.25) is 0 Å². The molecule has 0 saturated heterocycles. The number of carbonyl (C=O) groups excluding carboxylic acids is 2. The van der Waals surface area contributed by atoms with Gasteiger partial charge in [-0.3, -0.25) is 14.3 Å². The van der Waals surface area contributed by atoms with Gasteiger partial charge in [-0.05, 0) is 43.4 Å². The Kier molecular flexibility index (Phi) is 8.59. The van der Waals surface area contributed by atoms with Crippen molar-refractivity contribution in [3.63, 3.8) is 0 Å². The molecule has 222 valence electrons. The van der Waals surface area contributed by atoms with Gasteiger partial charge < -0.3 is 9.30 Å². The van der Waals surface area contributed by atoms with E-state index in [1.165, 1.54) is 19.2 Å². The molecule has 0 amide bonds. The monoisotopic (exact) mass is 586 g/mol. The molecule has 1 saturated carbocycles. The van der Waals surface area contributed by atoms with Crippen LogP contribution in [0.4, 0.5) is 0 Å². The molecule has 44 heavy (non-hydrogen) atoms. The van der Waals surface area contributed by atoms with Crippen LogP contribution in [0.5, 0.6) is 0 Å². The fraction of sp³-hybridized carbons (Fsp3) is 0.314. The van der Waals surface area contributed by atoms with Crippen LogP contribution in [-0.2, 0) is 16.1 Å². The van der Waals surface area contributed by atoms with Gasteiger partial charge in [0, 0.05) is 34.5 Å². The number of hydrogen-bond donors (Lipinski definition) is 0. The summed E-state index contributed by atoms with van der Waals surface area (Å²) < 4.78 is 9.54. The standard InChI is InChI=1S/C35H34N6O3/c1-24(27-12-7-13-28(20-27)33(42)26-10-3-2-4-11-26)35(43)44-19-18-40-17-15-30-32(37-23-38-34(30)40)29-21-39-41(22-29)31(14-16-36)25-8-5-6-9-25/h2-4,7,10-13,15,17,20-25,31H,5-6,8-9,14,18-19H2,1H3/t24?,31-/m1/s1. The van der Waals surface area contributed by atoms with Crippen LogP contribution in [0.3, 0.4) is 0 Å². The first-order chi connectivity index (χ1) is 21.5. The third-order valence-corrected chi connectivity index (χ3v) is 8.63. The molecule has 1 fully saturated rings. The fourth-order valence-electron chi connectivity index (χ4n) is 6.18. The first kappa shape index (κ1) is 29.0. The van der Waals surface area contributed by atoms with Gasteiger partial charge >= 0.3 is 5.97 Å². The number of carbonyl (C=O) groups is 2. The molecule has 0 radical (unpaired) electrons. The summed E-state index contributed by atoms with van der Waals surface area (Å²) in [6.45, 7) is 2.38. The van der Waals surface area contributed by atoms with Crippen molar-refractivity contribution in [3.05, 3.63) is 102 Å². The van der Waals surface area contributed by atoms with Crippen molar-refractivity contribution >= 4 is 22.8 Å². The number of fused-ring (bicyclic) bond motifs is 1. The van der Waals surface area contributed by atoms with Gasteiger partial charge in [0.25, 0.3) is 0 Å². The van der Waals surface area contributed by atoms with E-state index in [0.717, 1.165) is 40.7 Å². The summed E-state index contributed by atoms with van der Waals surface area (Å²) in [7, 11) is 0. The number of hydrogen-bond acceptors (Lipinski definition) is 7. The molecule has 2 atom stereocenters. The number of benzene rings is 2. The average molecular weight is 587 g/mol. The molecule has 0 N–H and O–H groups in total. The second-order valence-electron chi connectivity index (χ2n) is 11.4. The lowest BCUT2D eigenvalue weighted by atomic mass is 9.96. The van der Waals surface area contributed by atoms with E-state index < -0.39 is 5.92 Å². The van der Waals surface area contributed by atoms with E-state index >= 15 is 0 Å². The molecule has 9 heteroatoms. The lowest BCUT2D eigenvalue weighted by Gasteiger charge is -2.21. The van der Waals surface area contributed by atoms with Crippen molar-refractivity contribution in [2.45, 2.75) is 57.5 Å². The lowest BCUT2D eigenvalue weighted by molar-refractivity contribution is -0.145. The highest BCUT2D eigenvalue weighted by molar-refractivity contribution is 6.09. The minimum absolute atomic E-state index is 0.0714. The fourth-order valence-corrected chi connectivity index (χ4v) is 6.18. The topological polar surface area (TPSA) is 116 Å². The Hall–Kier alpha value is -5.10. The molecule has 0 bridgehead atoms. The molecule has 3 aromatic heterocycles. The Balaban J connectivity index is 1.11. The van der Waals surface area contributed by atoms with Crippen molar-refractivity contribution in [1.82, 2.24) is 24.3 Å². The minimum Gasteiger partial charge on any atom is -0.463 e. The predicted octanol–water partition coefficient (Wildman–Crippen LogP) is 6.52. The van der Waals surface area contributed by atoms with Crippen LogP contribution in [0.1, 0.15) is 72.5 Å². The number of ether oxygens (including phenoxy) is 1. The predicted molar refractivity (Wildman–Crippen MR) is 166 cm³/mol. The van der Waals surface area contributed by atoms with Crippen molar-refractivity contribution in [2.24, 2.45) is 5.92 Å². The number of nitriles is 1. The summed E-state index contributed by atoms with van der Waals surface area (Å²) in [5, 5.41) is 14.9. The Morgan fingerprint density at radius 3 is 2.64 bits per heavy atom. The highest BCUT2D eigenvalue weighted by Crippen LogP contribution is 2.37. The zero-order chi connectivity index (χ0) is 30.5. The number of ketones is 1. The van der Waals surface area contributed by atoms with Crippen molar-refractivity contribution in [1.29, 1.82) is 5.26 Å². The average Bonchev–Trinajstić information content (AvgIpc) is 3.85. The first-order valence-electron chi connectivity index (χ1n) is 15.1. The van der Waals surface area contributed by atoms with E-state index in [1.807, 2.05) is 58.2 Å². The SMILES string of the molecule is CC(C(=O)OCCn1ccc2c(-c3cnn([C@H](CC#N)C4CCCC4)c3)ncnc21)c1cccc(C(=O)c2ccccc2)c1. The molecule has 0 spiro atoms. The maximum absolute atomic E-state index is 13.0. The molecule has 9 nitrogen and oxygen atoms in total. The summed E-state index contributed by atoms with van der Waals surface area (Å²) in [6.07, 6.45) is 12.4. The summed E-state index contributed by atoms with van der Waals surface area (Å²) >= 11 is 0. The number of rotatable bonds is 11. The maximum Gasteiger partial charge on any atom is 0.313 e. The van der Waals surface area contributed by atoms with Gasteiger partial charge in [0.1, 0.15) is 18.6 Å². The molecular weight excluding hydrogens is 552 g/mol. The Bertz CT molecular complexity index is 1810. The van der Waals surface area contributed by atoms with Gasteiger partial charge in [-0.25, -0.2) is 9.97 Å². The van der Waals surface area contributed by atoms with E-state index in [9.17, 15) is 14.9 Å². The van der Waals surface area contributed by atoms with E-state index in [0.29, 0.717) is 30.0 Å². The second-order valence-corrected chi connectivity index (χ2v) is 11.4. The summed E-state index contributed by atoms with van der Waals surface area (Å²) in [5.41, 5.74) is 4.26. The molecule has 1 aliphatic rings. The van der Waals surface area contributed by atoms with E-state index in [2.05, 4.69) is 21.1 Å². The van der Waals surface area contributed by atoms with E-state index in [1.54, 1.807) is 37.3 Å². The third kappa shape index (κ3) is 6.02. The summed E-state index contributed by atoms with van der Waals surface area (Å²) in [6, 6.07) is 20.6. The zero-order valence-corrected chi connectivity index (χ0v) is 24.7. The van der Waals surface area contributed by atoms with Crippen LogP contribution < -0.4 is 0 Å². The van der Waals surface area contributed by atoms with Crippen LogP contribution in [0.15, 0.2) is 85.6 Å². The van der Waals surface area contributed by atoms with Gasteiger partial charge in [-0.15, -0.1) is 0 Å². The summed E-state index contributed by atoms with van der Waals surface area (Å²) in [5.74, 6) is -0.501. The highest BCUT2D eigenvalue weighted by Gasteiger charge is 2.27. The van der Waals surface area contributed by atoms with Gasteiger partial charge in [-0.1, -0.05) is 61.4 Å². The van der Waals surface area contributed by atoms with Crippen LogP contribution in [0.25, 0.3) is 22.3 Å². The van der Waals surface area contributed by atoms with Crippen molar-refractivity contribution in [2.75, 3.05) is 6.61 Å². The van der Waals surface area contributed by atoms with E-state index in [-0.39, 0.29) is 24.4 Å². The van der Waals surface area contributed by atoms with Crippen molar-refractivity contribution in [3.8, 4) is 17.3 Å². The summed E-state index contributed by atoms with van der Waals surface area (Å²) in [4.78, 5) is 34.9. The smallest absolute Gasteiger partial charge is 0.313 e. The molecule has 0 aliphatic heterocycles. The van der Waals surface area contributed by atoms with Gasteiger partial charge in [0.15, 0.2) is 5.78 Å². The molecule has 1 aliphatic carbocycles. The van der Waals surface area contributed by atoms with Crippen LogP contribution >= 0.6 is 0 Å². The maximum atomic E-state index is 13.0. The number of esters is 1. The Morgan fingerprint density at radius 2 is 1.84 bits per heavy atom. The number of nitrogens with zero attached hydrogens (tertiary/aromatic N) is 6. The normalized spacial score (nSPS) is 14.7. The quantitative estimate of drug-likeness (QED) is 0.128. The molecule has 1 unspecified atom stereocenters. The Labute approximate surface area is 256 Å². The Morgan fingerprint density at radius 1 is 1.05 bits per heavy atom. The zero-order valence-electron chi connectivity index (χ0n) is 24.7. The van der Waals surface area contributed by atoms with Crippen LogP contribution in [0, 0.1) is 17.2 Å². The molecule has 3 heterocycles. The van der Waals surface area contributed by atoms with Crippen LogP contribution in [0.2, 0.25) is 0 Å². The van der Waals surface area contributed by atoms with Gasteiger partial charge in [-0.2, -0.15) is 10.4 Å². The lowest BCUT2D eigenvalue weighted by Crippen LogP contribution is -2.17. The molecule has 5 aromatic rings. The number of aromatic nitrogens is 5.